The van der Waals surface area contributed by atoms with Crippen molar-refractivity contribution in [3.05, 3.63) is 0 Å². The van der Waals surface area contributed by atoms with Crippen LogP contribution >= 0.6 is 0 Å². The molecule has 0 amide bonds. The van der Waals surface area contributed by atoms with Crippen LogP contribution in [0.4, 0.5) is 0 Å². The Hall–Kier alpha value is -0.370. The number of carbonyl (C=O) groups excluding carboxylic acids is 1. The van der Waals surface area contributed by atoms with Crippen molar-refractivity contribution < 1.29 is 4.79 Å². The SMILES string of the molecule is CC(=O)C1CC2C(N)C2C1. The summed E-state index contributed by atoms with van der Waals surface area (Å²) >= 11 is 0. The van der Waals surface area contributed by atoms with Crippen molar-refractivity contribution in [1.82, 2.24) is 0 Å². The second kappa shape index (κ2) is 1.82. The van der Waals surface area contributed by atoms with Gasteiger partial charge in [0.05, 0.1) is 0 Å². The lowest BCUT2D eigenvalue weighted by Crippen LogP contribution is -2.15. The second-order valence-corrected chi connectivity index (χ2v) is 3.68. The zero-order valence-electron chi connectivity index (χ0n) is 6.21. The predicted molar refractivity (Wildman–Crippen MR) is 38.4 cm³/mol. The highest BCUT2D eigenvalue weighted by Crippen LogP contribution is 2.53. The maximum atomic E-state index is 10.9. The van der Waals surface area contributed by atoms with Crippen molar-refractivity contribution in [1.29, 1.82) is 0 Å². The third kappa shape index (κ3) is 0.717. The van der Waals surface area contributed by atoms with Gasteiger partial charge in [-0.2, -0.15) is 0 Å². The summed E-state index contributed by atoms with van der Waals surface area (Å²) in [5.74, 6) is 2.12. The third-order valence-corrected chi connectivity index (χ3v) is 3.09. The van der Waals surface area contributed by atoms with E-state index >= 15 is 0 Å². The molecule has 0 heterocycles. The molecule has 2 aliphatic rings. The summed E-state index contributed by atoms with van der Waals surface area (Å²) in [4.78, 5) is 10.9. The average Bonchev–Trinajstić information content (AvgIpc) is 2.38. The maximum absolute atomic E-state index is 10.9. The summed E-state index contributed by atoms with van der Waals surface area (Å²) in [5.41, 5.74) is 5.72. The summed E-state index contributed by atoms with van der Waals surface area (Å²) in [5, 5.41) is 0. The number of hydrogen-bond acceptors (Lipinski definition) is 2. The van der Waals surface area contributed by atoms with Crippen molar-refractivity contribution in [3.8, 4) is 0 Å². The molecular weight excluding hydrogens is 126 g/mol. The molecule has 2 atom stereocenters. The fourth-order valence-corrected chi connectivity index (χ4v) is 2.22. The Balaban J connectivity index is 1.95. The largest absolute Gasteiger partial charge is 0.327 e. The maximum Gasteiger partial charge on any atom is 0.132 e. The molecule has 2 saturated carbocycles. The Labute approximate surface area is 60.8 Å². The van der Waals surface area contributed by atoms with Crippen LogP contribution in [0, 0.1) is 17.8 Å². The minimum Gasteiger partial charge on any atom is -0.327 e. The quantitative estimate of drug-likeness (QED) is 0.576. The Kier molecular flexibility index (Phi) is 1.15. The summed E-state index contributed by atoms with van der Waals surface area (Å²) < 4.78 is 0. The van der Waals surface area contributed by atoms with Gasteiger partial charge in [0.25, 0.3) is 0 Å². The van der Waals surface area contributed by atoms with Gasteiger partial charge in [-0.1, -0.05) is 0 Å². The van der Waals surface area contributed by atoms with Gasteiger partial charge in [-0.25, -0.2) is 0 Å². The van der Waals surface area contributed by atoms with Gasteiger partial charge < -0.3 is 5.73 Å². The zero-order valence-corrected chi connectivity index (χ0v) is 6.21. The standard InChI is InChI=1S/C8H13NO/c1-4(10)5-2-6-7(3-5)8(6)9/h5-8H,2-3,9H2,1H3. The van der Waals surface area contributed by atoms with E-state index < -0.39 is 0 Å². The first-order valence-electron chi connectivity index (χ1n) is 3.96. The molecule has 56 valence electrons. The average molecular weight is 139 g/mol. The third-order valence-electron chi connectivity index (χ3n) is 3.09. The van der Waals surface area contributed by atoms with E-state index in [1.54, 1.807) is 6.92 Å². The molecule has 0 aromatic carbocycles. The van der Waals surface area contributed by atoms with E-state index in [0.717, 1.165) is 12.8 Å². The number of fused-ring (bicyclic) bond motifs is 1. The summed E-state index contributed by atoms with van der Waals surface area (Å²) in [6, 6.07) is 0.440. The Bertz CT molecular complexity index is 166. The molecular formula is C8H13NO. The van der Waals surface area contributed by atoms with E-state index in [1.807, 2.05) is 0 Å². The fraction of sp³-hybridized carbons (Fsp3) is 0.875. The van der Waals surface area contributed by atoms with Gasteiger partial charge >= 0.3 is 0 Å². The van der Waals surface area contributed by atoms with Gasteiger partial charge in [-0.05, 0) is 31.6 Å². The second-order valence-electron chi connectivity index (χ2n) is 3.68. The van der Waals surface area contributed by atoms with Crippen LogP contribution in [0.1, 0.15) is 19.8 Å². The normalized spacial score (nSPS) is 50.6. The summed E-state index contributed by atoms with van der Waals surface area (Å²) in [7, 11) is 0. The van der Waals surface area contributed by atoms with Crippen LogP contribution in [0.25, 0.3) is 0 Å². The highest BCUT2D eigenvalue weighted by Gasteiger charge is 2.54. The van der Waals surface area contributed by atoms with Crippen molar-refractivity contribution >= 4 is 5.78 Å². The van der Waals surface area contributed by atoms with Crippen LogP contribution < -0.4 is 5.73 Å². The van der Waals surface area contributed by atoms with E-state index in [-0.39, 0.29) is 0 Å². The number of ketones is 1. The molecule has 0 aromatic heterocycles. The van der Waals surface area contributed by atoms with Crippen LogP contribution in [0.15, 0.2) is 0 Å². The minimum atomic E-state index is 0.356. The number of nitrogens with two attached hydrogens (primary N) is 1. The molecule has 0 bridgehead atoms. The molecule has 2 heteroatoms. The van der Waals surface area contributed by atoms with Crippen LogP contribution in [0.3, 0.4) is 0 Å². The molecule has 0 aromatic rings. The first-order valence-corrected chi connectivity index (χ1v) is 3.96. The molecule has 0 saturated heterocycles. The van der Waals surface area contributed by atoms with Gasteiger partial charge in [0.2, 0.25) is 0 Å². The van der Waals surface area contributed by atoms with Gasteiger partial charge in [0.1, 0.15) is 5.78 Å². The van der Waals surface area contributed by atoms with Crippen molar-refractivity contribution in [2.75, 3.05) is 0 Å². The lowest BCUT2D eigenvalue weighted by atomic mass is 9.99. The van der Waals surface area contributed by atoms with Crippen LogP contribution in [-0.2, 0) is 4.79 Å². The van der Waals surface area contributed by atoms with E-state index in [9.17, 15) is 4.79 Å². The van der Waals surface area contributed by atoms with Crippen molar-refractivity contribution in [3.63, 3.8) is 0 Å². The van der Waals surface area contributed by atoms with E-state index in [4.69, 9.17) is 5.73 Å². The molecule has 0 radical (unpaired) electrons. The monoisotopic (exact) mass is 139 g/mol. The first kappa shape index (κ1) is 6.35. The van der Waals surface area contributed by atoms with Crippen LogP contribution in [-0.4, -0.2) is 11.8 Å². The van der Waals surface area contributed by atoms with E-state index in [2.05, 4.69) is 0 Å². The molecule has 0 aliphatic heterocycles. The molecule has 2 aliphatic carbocycles. The fourth-order valence-electron chi connectivity index (χ4n) is 2.22. The first-order chi connectivity index (χ1) is 4.70. The van der Waals surface area contributed by atoms with Gasteiger partial charge in [-0.3, -0.25) is 4.79 Å². The Morgan fingerprint density at radius 3 is 2.30 bits per heavy atom. The number of hydrogen-bond donors (Lipinski definition) is 1. The lowest BCUT2D eigenvalue weighted by molar-refractivity contribution is -0.120. The Morgan fingerprint density at radius 2 is 1.90 bits per heavy atom. The number of carbonyl (C=O) groups is 1. The lowest BCUT2D eigenvalue weighted by Gasteiger charge is -2.07. The molecule has 2 fully saturated rings. The molecule has 2 nitrogen and oxygen atoms in total. The van der Waals surface area contributed by atoms with Crippen LogP contribution in [0.5, 0.6) is 0 Å². The summed E-state index contributed by atoms with van der Waals surface area (Å²) in [6.07, 6.45) is 2.14. The van der Waals surface area contributed by atoms with Gasteiger partial charge in [-0.15, -0.1) is 0 Å². The Morgan fingerprint density at radius 1 is 1.40 bits per heavy atom. The summed E-state index contributed by atoms with van der Waals surface area (Å²) in [6.45, 7) is 1.70. The number of rotatable bonds is 1. The van der Waals surface area contributed by atoms with Crippen LogP contribution in [0.2, 0.25) is 0 Å². The predicted octanol–water partition coefficient (Wildman–Crippen LogP) is 0.559. The van der Waals surface area contributed by atoms with E-state index in [0.29, 0.717) is 29.6 Å². The molecule has 10 heavy (non-hydrogen) atoms. The highest BCUT2D eigenvalue weighted by molar-refractivity contribution is 5.78. The minimum absolute atomic E-state index is 0.356. The molecule has 0 spiro atoms. The molecule has 2 unspecified atom stereocenters. The van der Waals surface area contributed by atoms with E-state index in [1.165, 1.54) is 0 Å². The van der Waals surface area contributed by atoms with Crippen molar-refractivity contribution in [2.45, 2.75) is 25.8 Å². The topological polar surface area (TPSA) is 43.1 Å². The highest BCUT2D eigenvalue weighted by atomic mass is 16.1. The van der Waals surface area contributed by atoms with Gasteiger partial charge in [0, 0.05) is 12.0 Å². The van der Waals surface area contributed by atoms with Crippen molar-refractivity contribution in [2.24, 2.45) is 23.5 Å². The number of Topliss-reactive ketones (excluding diaryl/α,β-unsaturated/α-hetero) is 1. The smallest absolute Gasteiger partial charge is 0.132 e. The molecule has 2 rings (SSSR count). The zero-order chi connectivity index (χ0) is 7.30. The van der Waals surface area contributed by atoms with Gasteiger partial charge in [0.15, 0.2) is 0 Å². The molecule has 2 N–H and O–H groups in total.